The van der Waals surface area contributed by atoms with Crippen LogP contribution in [0, 0.1) is 0 Å². The molecule has 1 aliphatic heterocycles. The third-order valence-corrected chi connectivity index (χ3v) is 7.44. The predicted molar refractivity (Wildman–Crippen MR) is 141 cm³/mol. The summed E-state index contributed by atoms with van der Waals surface area (Å²) >= 11 is 0. The maximum atomic E-state index is 12.1. The van der Waals surface area contributed by atoms with Gasteiger partial charge >= 0.3 is 5.97 Å². The normalized spacial score (nSPS) is 16.4. The Morgan fingerprint density at radius 3 is 2.50 bits per heavy atom. The number of nitrogens with zero attached hydrogens (tertiary/aromatic N) is 3. The lowest BCUT2D eigenvalue weighted by molar-refractivity contribution is -0.146. The van der Waals surface area contributed by atoms with Crippen LogP contribution in [0.3, 0.4) is 0 Å². The molecular weight excluding hydrogens is 454 g/mol. The Bertz CT molecular complexity index is 1150. The summed E-state index contributed by atoms with van der Waals surface area (Å²) in [6, 6.07) is 16.0. The summed E-state index contributed by atoms with van der Waals surface area (Å²) in [7, 11) is 1.40. The van der Waals surface area contributed by atoms with Gasteiger partial charge in [-0.2, -0.15) is 0 Å². The van der Waals surface area contributed by atoms with Crippen LogP contribution in [0.25, 0.3) is 11.0 Å². The minimum Gasteiger partial charge on any atom is -0.468 e. The van der Waals surface area contributed by atoms with Gasteiger partial charge in [-0.1, -0.05) is 36.4 Å². The Kier molecular flexibility index (Phi) is 8.44. The standard InChI is InChI=1S/C29H39N3O4/c1-5-36-19-18-32-25-9-7-6-8-24(25)30-27(32)22-14-16-31(17-15-22)20-26(33)21-10-12-23(13-11-21)29(2,3)28(34)35-4/h6-13,22,26,33H,5,14-20H2,1-4H3. The van der Waals surface area contributed by atoms with Gasteiger partial charge in [0.25, 0.3) is 0 Å². The van der Waals surface area contributed by atoms with E-state index in [1.807, 2.05) is 51.1 Å². The summed E-state index contributed by atoms with van der Waals surface area (Å²) in [6.45, 7) is 10.4. The first kappa shape index (κ1) is 26.3. The van der Waals surface area contributed by atoms with Gasteiger partial charge in [0.2, 0.25) is 0 Å². The molecule has 0 aliphatic carbocycles. The molecule has 1 fully saturated rings. The average Bonchev–Trinajstić information content (AvgIpc) is 3.27. The van der Waals surface area contributed by atoms with Crippen LogP contribution in [0.2, 0.25) is 0 Å². The van der Waals surface area contributed by atoms with Gasteiger partial charge in [0.05, 0.1) is 36.3 Å². The molecule has 1 aliphatic rings. The van der Waals surface area contributed by atoms with E-state index >= 15 is 0 Å². The zero-order valence-electron chi connectivity index (χ0n) is 21.9. The molecule has 0 bridgehead atoms. The molecule has 4 rings (SSSR count). The van der Waals surface area contributed by atoms with Crippen molar-refractivity contribution in [3.8, 4) is 0 Å². The number of piperidine rings is 1. The number of rotatable bonds is 10. The van der Waals surface area contributed by atoms with Gasteiger partial charge < -0.3 is 24.0 Å². The summed E-state index contributed by atoms with van der Waals surface area (Å²) in [5.74, 6) is 1.28. The van der Waals surface area contributed by atoms with Crippen LogP contribution in [0.15, 0.2) is 48.5 Å². The second-order valence-electron chi connectivity index (χ2n) is 10.1. The van der Waals surface area contributed by atoms with Crippen molar-refractivity contribution in [1.82, 2.24) is 14.5 Å². The Labute approximate surface area is 214 Å². The summed E-state index contributed by atoms with van der Waals surface area (Å²) in [6.07, 6.45) is 1.45. The molecule has 7 heteroatoms. The predicted octanol–water partition coefficient (Wildman–Crippen LogP) is 4.44. The van der Waals surface area contributed by atoms with Crippen molar-refractivity contribution in [2.24, 2.45) is 0 Å². The van der Waals surface area contributed by atoms with E-state index < -0.39 is 11.5 Å². The maximum absolute atomic E-state index is 12.1. The van der Waals surface area contributed by atoms with Crippen LogP contribution < -0.4 is 0 Å². The molecule has 1 unspecified atom stereocenters. The molecule has 0 amide bonds. The van der Waals surface area contributed by atoms with Gasteiger partial charge in [-0.25, -0.2) is 4.98 Å². The quantitative estimate of drug-likeness (QED) is 0.333. The van der Waals surface area contributed by atoms with Crippen molar-refractivity contribution < 1.29 is 19.4 Å². The molecule has 2 heterocycles. The highest BCUT2D eigenvalue weighted by Gasteiger charge is 2.31. The van der Waals surface area contributed by atoms with Gasteiger partial charge in [0, 0.05) is 25.6 Å². The number of carbonyl (C=O) groups is 1. The lowest BCUT2D eigenvalue weighted by Gasteiger charge is -2.33. The first-order valence-corrected chi connectivity index (χ1v) is 13.0. The Morgan fingerprint density at radius 1 is 1.14 bits per heavy atom. The van der Waals surface area contributed by atoms with E-state index in [1.165, 1.54) is 12.6 Å². The number of methoxy groups -OCH3 is 1. The summed E-state index contributed by atoms with van der Waals surface area (Å²) < 4.78 is 12.9. The Morgan fingerprint density at radius 2 is 1.83 bits per heavy atom. The van der Waals surface area contributed by atoms with Crippen LogP contribution in [-0.4, -0.2) is 65.5 Å². The van der Waals surface area contributed by atoms with E-state index in [2.05, 4.69) is 27.7 Å². The Balaban J connectivity index is 1.37. The van der Waals surface area contributed by atoms with E-state index in [9.17, 15) is 9.90 Å². The first-order valence-electron chi connectivity index (χ1n) is 13.0. The van der Waals surface area contributed by atoms with Crippen molar-refractivity contribution in [3.05, 3.63) is 65.5 Å². The van der Waals surface area contributed by atoms with Crippen LogP contribution in [0.5, 0.6) is 0 Å². The molecule has 194 valence electrons. The zero-order valence-corrected chi connectivity index (χ0v) is 21.9. The number of aromatic nitrogens is 2. The van der Waals surface area contributed by atoms with Crippen molar-refractivity contribution in [3.63, 3.8) is 0 Å². The third-order valence-electron chi connectivity index (χ3n) is 7.44. The molecule has 0 radical (unpaired) electrons. The van der Waals surface area contributed by atoms with E-state index in [1.54, 1.807) is 0 Å². The first-order chi connectivity index (χ1) is 17.3. The monoisotopic (exact) mass is 493 g/mol. The highest BCUT2D eigenvalue weighted by Crippen LogP contribution is 2.31. The number of hydrogen-bond acceptors (Lipinski definition) is 6. The van der Waals surface area contributed by atoms with Gasteiger partial charge in [-0.3, -0.25) is 4.79 Å². The minimum absolute atomic E-state index is 0.273. The molecule has 1 N–H and O–H groups in total. The Hall–Kier alpha value is -2.74. The maximum Gasteiger partial charge on any atom is 0.315 e. The molecule has 0 spiro atoms. The highest BCUT2D eigenvalue weighted by atomic mass is 16.5. The number of β-amino-alcohol motifs (C(OH)–C–C–N with tert-alkyl or cyclic N) is 1. The molecule has 1 aromatic heterocycles. The SMILES string of the molecule is CCOCCn1c(C2CCN(CC(O)c3ccc(C(C)(C)C(=O)OC)cc3)CC2)nc2ccccc21. The fourth-order valence-electron chi connectivity index (χ4n) is 5.16. The van der Waals surface area contributed by atoms with Gasteiger partial charge in [-0.05, 0) is 70.0 Å². The lowest BCUT2D eigenvalue weighted by Crippen LogP contribution is -2.36. The van der Waals surface area contributed by atoms with E-state index in [0.717, 1.165) is 54.9 Å². The van der Waals surface area contributed by atoms with Crippen LogP contribution in [0.4, 0.5) is 0 Å². The number of esters is 1. The number of aliphatic hydroxyl groups is 1. The summed E-state index contributed by atoms with van der Waals surface area (Å²) in [5.41, 5.74) is 3.22. The highest BCUT2D eigenvalue weighted by molar-refractivity contribution is 5.82. The molecule has 7 nitrogen and oxygen atoms in total. The van der Waals surface area contributed by atoms with Crippen LogP contribution in [-0.2, 0) is 26.2 Å². The number of aliphatic hydroxyl groups excluding tert-OH is 1. The number of carbonyl (C=O) groups excluding carboxylic acids is 1. The second-order valence-corrected chi connectivity index (χ2v) is 10.1. The largest absolute Gasteiger partial charge is 0.468 e. The number of likely N-dealkylation sites (tertiary alicyclic amines) is 1. The van der Waals surface area contributed by atoms with Crippen molar-refractivity contribution in [2.45, 2.75) is 57.6 Å². The van der Waals surface area contributed by atoms with Crippen molar-refractivity contribution in [1.29, 1.82) is 0 Å². The smallest absolute Gasteiger partial charge is 0.315 e. The minimum atomic E-state index is -0.723. The van der Waals surface area contributed by atoms with Crippen LogP contribution >= 0.6 is 0 Å². The number of fused-ring (bicyclic) bond motifs is 1. The molecular formula is C29H39N3O4. The molecule has 0 saturated carbocycles. The van der Waals surface area contributed by atoms with Crippen molar-refractivity contribution >= 4 is 17.0 Å². The number of para-hydroxylation sites is 2. The molecule has 2 aromatic carbocycles. The number of benzene rings is 2. The van der Waals surface area contributed by atoms with Gasteiger partial charge in [0.15, 0.2) is 0 Å². The molecule has 36 heavy (non-hydrogen) atoms. The fourth-order valence-corrected chi connectivity index (χ4v) is 5.16. The molecule has 1 atom stereocenters. The number of hydrogen-bond donors (Lipinski definition) is 1. The molecule has 3 aromatic rings. The fraction of sp³-hybridized carbons (Fsp3) is 0.517. The number of ether oxygens (including phenoxy) is 2. The lowest BCUT2D eigenvalue weighted by atomic mass is 9.84. The summed E-state index contributed by atoms with van der Waals surface area (Å²) in [4.78, 5) is 19.4. The van der Waals surface area contributed by atoms with Gasteiger partial charge in [0.1, 0.15) is 5.82 Å². The topological polar surface area (TPSA) is 76.8 Å². The van der Waals surface area contributed by atoms with Gasteiger partial charge in [-0.15, -0.1) is 0 Å². The van der Waals surface area contributed by atoms with E-state index in [4.69, 9.17) is 14.5 Å². The van der Waals surface area contributed by atoms with Crippen molar-refractivity contribution in [2.75, 3.05) is 40.0 Å². The van der Waals surface area contributed by atoms with E-state index in [-0.39, 0.29) is 5.97 Å². The summed E-state index contributed by atoms with van der Waals surface area (Å²) in [5, 5.41) is 10.9. The van der Waals surface area contributed by atoms with Crippen LogP contribution in [0.1, 0.15) is 62.6 Å². The third kappa shape index (κ3) is 5.64. The average molecular weight is 494 g/mol. The zero-order chi connectivity index (χ0) is 25.7. The second kappa shape index (κ2) is 11.5. The molecule has 1 saturated heterocycles. The number of imidazole rings is 1. The van der Waals surface area contributed by atoms with E-state index in [0.29, 0.717) is 25.7 Å².